The zero-order valence-corrected chi connectivity index (χ0v) is 10.5. The quantitative estimate of drug-likeness (QED) is 0.836. The number of amides is 1. The Morgan fingerprint density at radius 3 is 2.65 bits per heavy atom. The lowest BCUT2D eigenvalue weighted by molar-refractivity contribution is 0.0453. The van der Waals surface area contributed by atoms with Crippen molar-refractivity contribution in [3.05, 3.63) is 29.3 Å². The summed E-state index contributed by atoms with van der Waals surface area (Å²) >= 11 is 0. The van der Waals surface area contributed by atoms with Crippen LogP contribution in [0, 0.1) is 6.92 Å². The van der Waals surface area contributed by atoms with Gasteiger partial charge in [0.1, 0.15) is 5.75 Å². The molecule has 0 bridgehead atoms. The number of aryl methyl sites for hydroxylation is 1. The van der Waals surface area contributed by atoms with Crippen molar-refractivity contribution in [3.8, 4) is 5.75 Å². The molecule has 0 radical (unpaired) electrons. The van der Waals surface area contributed by atoms with Crippen LogP contribution in [0.2, 0.25) is 0 Å². The molecule has 4 heteroatoms. The van der Waals surface area contributed by atoms with Gasteiger partial charge in [-0.2, -0.15) is 0 Å². The highest BCUT2D eigenvalue weighted by atomic mass is 16.5. The van der Waals surface area contributed by atoms with E-state index in [0.717, 1.165) is 11.3 Å². The summed E-state index contributed by atoms with van der Waals surface area (Å²) in [6.07, 6.45) is 0. The van der Waals surface area contributed by atoms with Crippen molar-refractivity contribution in [2.75, 3.05) is 20.2 Å². The van der Waals surface area contributed by atoms with E-state index in [1.54, 1.807) is 18.1 Å². The Morgan fingerprint density at radius 1 is 1.47 bits per heavy atom. The number of benzene rings is 1. The highest BCUT2D eigenvalue weighted by Gasteiger charge is 2.38. The van der Waals surface area contributed by atoms with Crippen LogP contribution in [0.1, 0.15) is 22.8 Å². The average Bonchev–Trinajstić information content (AvgIpc) is 2.25. The van der Waals surface area contributed by atoms with Crippen molar-refractivity contribution >= 4 is 5.91 Å². The Labute approximate surface area is 101 Å². The predicted molar refractivity (Wildman–Crippen MR) is 66.2 cm³/mol. The average molecular weight is 234 g/mol. The van der Waals surface area contributed by atoms with Crippen LogP contribution in [0.5, 0.6) is 5.75 Å². The molecule has 92 valence electrons. The smallest absolute Gasteiger partial charge is 0.254 e. The molecule has 1 aliphatic heterocycles. The maximum absolute atomic E-state index is 12.1. The first-order valence-electron chi connectivity index (χ1n) is 5.66. The van der Waals surface area contributed by atoms with E-state index in [-0.39, 0.29) is 11.4 Å². The number of nitrogens with two attached hydrogens (primary N) is 1. The monoisotopic (exact) mass is 234 g/mol. The van der Waals surface area contributed by atoms with E-state index in [4.69, 9.17) is 10.5 Å². The molecule has 0 atom stereocenters. The van der Waals surface area contributed by atoms with Gasteiger partial charge in [0.2, 0.25) is 0 Å². The van der Waals surface area contributed by atoms with Gasteiger partial charge in [-0.1, -0.05) is 6.07 Å². The molecule has 0 saturated carbocycles. The summed E-state index contributed by atoms with van der Waals surface area (Å²) < 4.78 is 5.21. The third kappa shape index (κ3) is 2.26. The highest BCUT2D eigenvalue weighted by Crippen LogP contribution is 2.23. The van der Waals surface area contributed by atoms with Gasteiger partial charge in [-0.15, -0.1) is 0 Å². The van der Waals surface area contributed by atoms with Crippen LogP contribution in [0.25, 0.3) is 0 Å². The van der Waals surface area contributed by atoms with Gasteiger partial charge in [-0.3, -0.25) is 4.79 Å². The molecular formula is C13H18N2O2. The molecule has 17 heavy (non-hydrogen) atoms. The van der Waals surface area contributed by atoms with Gasteiger partial charge in [0.05, 0.1) is 7.11 Å². The molecule has 2 N–H and O–H groups in total. The minimum Gasteiger partial charge on any atom is -0.496 e. The number of nitrogens with zero attached hydrogens (tertiary/aromatic N) is 1. The van der Waals surface area contributed by atoms with Crippen LogP contribution in [0.4, 0.5) is 0 Å². The predicted octanol–water partition coefficient (Wildman–Crippen LogP) is 1.18. The molecule has 1 aliphatic rings. The zero-order chi connectivity index (χ0) is 12.6. The number of carbonyl (C=O) groups is 1. The summed E-state index contributed by atoms with van der Waals surface area (Å²) in [7, 11) is 1.61. The van der Waals surface area contributed by atoms with E-state index in [1.165, 1.54) is 0 Å². The molecule has 1 fully saturated rings. The Bertz CT molecular complexity index is 447. The van der Waals surface area contributed by atoms with E-state index in [2.05, 4.69) is 0 Å². The first-order chi connectivity index (χ1) is 7.93. The summed E-state index contributed by atoms with van der Waals surface area (Å²) in [6, 6.07) is 5.50. The SMILES string of the molecule is COc1cc(C(=O)N2CC(C)(N)C2)ccc1C. The van der Waals surface area contributed by atoms with Crippen molar-refractivity contribution < 1.29 is 9.53 Å². The molecule has 0 spiro atoms. The summed E-state index contributed by atoms with van der Waals surface area (Å²) in [5.74, 6) is 0.762. The van der Waals surface area contributed by atoms with Crippen LogP contribution < -0.4 is 10.5 Å². The Balaban J connectivity index is 2.15. The van der Waals surface area contributed by atoms with Gasteiger partial charge in [0.15, 0.2) is 0 Å². The molecular weight excluding hydrogens is 216 g/mol. The standard InChI is InChI=1S/C13H18N2O2/c1-9-4-5-10(6-11(9)17-3)12(16)15-7-13(2,14)8-15/h4-6H,7-8,14H2,1-3H3. The second-order valence-electron chi connectivity index (χ2n) is 5.00. The van der Waals surface area contributed by atoms with Crippen molar-refractivity contribution in [1.29, 1.82) is 0 Å². The number of rotatable bonds is 2. The fourth-order valence-electron chi connectivity index (χ4n) is 2.10. The third-order valence-corrected chi connectivity index (χ3v) is 3.05. The summed E-state index contributed by atoms with van der Waals surface area (Å²) in [6.45, 7) is 5.13. The van der Waals surface area contributed by atoms with Gasteiger partial charge in [0, 0.05) is 24.2 Å². The van der Waals surface area contributed by atoms with Crippen molar-refractivity contribution in [1.82, 2.24) is 4.90 Å². The van der Waals surface area contributed by atoms with Gasteiger partial charge in [-0.25, -0.2) is 0 Å². The lowest BCUT2D eigenvalue weighted by Crippen LogP contribution is -2.66. The van der Waals surface area contributed by atoms with Crippen LogP contribution >= 0.6 is 0 Å². The first kappa shape index (κ1) is 11.9. The van der Waals surface area contributed by atoms with Crippen LogP contribution in [0.3, 0.4) is 0 Å². The topological polar surface area (TPSA) is 55.6 Å². The second-order valence-corrected chi connectivity index (χ2v) is 5.00. The number of likely N-dealkylation sites (tertiary alicyclic amines) is 1. The normalized spacial score (nSPS) is 17.5. The summed E-state index contributed by atoms with van der Waals surface area (Å²) in [4.78, 5) is 13.9. The fraction of sp³-hybridized carbons (Fsp3) is 0.462. The lowest BCUT2D eigenvalue weighted by Gasteiger charge is -2.45. The Hall–Kier alpha value is -1.55. The van der Waals surface area contributed by atoms with E-state index >= 15 is 0 Å². The molecule has 1 saturated heterocycles. The minimum atomic E-state index is -0.232. The molecule has 1 amide bonds. The van der Waals surface area contributed by atoms with E-state index in [0.29, 0.717) is 18.7 Å². The number of methoxy groups -OCH3 is 1. The van der Waals surface area contributed by atoms with E-state index in [9.17, 15) is 4.79 Å². The van der Waals surface area contributed by atoms with Gasteiger partial charge >= 0.3 is 0 Å². The third-order valence-electron chi connectivity index (χ3n) is 3.05. The molecule has 4 nitrogen and oxygen atoms in total. The molecule has 0 aromatic heterocycles. The first-order valence-corrected chi connectivity index (χ1v) is 5.66. The van der Waals surface area contributed by atoms with Crippen LogP contribution in [-0.4, -0.2) is 36.5 Å². The Kier molecular flexibility index (Phi) is 2.83. The summed E-state index contributed by atoms with van der Waals surface area (Å²) in [5, 5.41) is 0. The Morgan fingerprint density at radius 2 is 2.12 bits per heavy atom. The lowest BCUT2D eigenvalue weighted by atomic mass is 9.93. The van der Waals surface area contributed by atoms with Crippen molar-refractivity contribution in [2.24, 2.45) is 5.73 Å². The zero-order valence-electron chi connectivity index (χ0n) is 10.5. The number of carbonyl (C=O) groups excluding carboxylic acids is 1. The van der Waals surface area contributed by atoms with Crippen molar-refractivity contribution in [2.45, 2.75) is 19.4 Å². The number of ether oxygens (including phenoxy) is 1. The van der Waals surface area contributed by atoms with Gasteiger partial charge in [0.25, 0.3) is 5.91 Å². The maximum atomic E-state index is 12.1. The van der Waals surface area contributed by atoms with Crippen LogP contribution in [-0.2, 0) is 0 Å². The minimum absolute atomic E-state index is 0.0197. The summed E-state index contributed by atoms with van der Waals surface area (Å²) in [5.41, 5.74) is 7.34. The molecule has 0 unspecified atom stereocenters. The van der Waals surface area contributed by atoms with E-state index in [1.807, 2.05) is 26.0 Å². The van der Waals surface area contributed by atoms with Crippen LogP contribution in [0.15, 0.2) is 18.2 Å². The molecule has 1 heterocycles. The molecule has 0 aliphatic carbocycles. The van der Waals surface area contributed by atoms with Crippen molar-refractivity contribution in [3.63, 3.8) is 0 Å². The number of hydrogen-bond acceptors (Lipinski definition) is 3. The molecule has 1 aromatic rings. The second kappa shape index (κ2) is 4.04. The molecule has 1 aromatic carbocycles. The van der Waals surface area contributed by atoms with Gasteiger partial charge < -0.3 is 15.4 Å². The molecule has 2 rings (SSSR count). The number of hydrogen-bond donors (Lipinski definition) is 1. The largest absolute Gasteiger partial charge is 0.496 e. The van der Waals surface area contributed by atoms with Gasteiger partial charge in [-0.05, 0) is 31.5 Å². The maximum Gasteiger partial charge on any atom is 0.254 e. The highest BCUT2D eigenvalue weighted by molar-refractivity contribution is 5.95. The van der Waals surface area contributed by atoms with E-state index < -0.39 is 0 Å². The fourth-order valence-corrected chi connectivity index (χ4v) is 2.10.